The van der Waals surface area contributed by atoms with E-state index in [0.29, 0.717) is 32.3 Å². The molecule has 0 unspecified atom stereocenters. The highest BCUT2D eigenvalue weighted by Crippen LogP contribution is 2.27. The fourth-order valence-electron chi connectivity index (χ4n) is 3.02. The molecule has 0 saturated heterocycles. The van der Waals surface area contributed by atoms with Gasteiger partial charge in [-0.15, -0.1) is 0 Å². The number of nitrogens with zero attached hydrogens (tertiary/aromatic N) is 4. The first-order valence-electron chi connectivity index (χ1n) is 7.91. The van der Waals surface area contributed by atoms with Crippen molar-refractivity contribution in [2.24, 2.45) is 0 Å². The molecule has 2 heterocycles. The van der Waals surface area contributed by atoms with Gasteiger partial charge in [-0.2, -0.15) is 0 Å². The van der Waals surface area contributed by atoms with Crippen LogP contribution in [0.5, 0.6) is 0 Å². The summed E-state index contributed by atoms with van der Waals surface area (Å²) in [7, 11) is 0. The van der Waals surface area contributed by atoms with Gasteiger partial charge in [0.15, 0.2) is 0 Å². The lowest BCUT2D eigenvalue weighted by molar-refractivity contribution is 0.152. The van der Waals surface area contributed by atoms with E-state index in [1.54, 1.807) is 4.57 Å². The van der Waals surface area contributed by atoms with Crippen LogP contribution in [0.4, 0.5) is 11.6 Å². The molecule has 1 N–H and O–H groups in total. The van der Waals surface area contributed by atoms with E-state index >= 15 is 0 Å². The number of para-hydroxylation sites is 1. The SMILES string of the molecule is CCc1c(C)nc2n(c1=O)CN(CCO)CN2c1ccccc1. The lowest BCUT2D eigenvalue weighted by atomic mass is 10.2. The number of fused-ring (bicyclic) bond motifs is 1. The van der Waals surface area contributed by atoms with Gasteiger partial charge >= 0.3 is 0 Å². The molecule has 0 atom stereocenters. The van der Waals surface area contributed by atoms with Gasteiger partial charge in [0, 0.05) is 23.5 Å². The largest absolute Gasteiger partial charge is 0.395 e. The Labute approximate surface area is 135 Å². The summed E-state index contributed by atoms with van der Waals surface area (Å²) in [6.07, 6.45) is 0.670. The highest BCUT2D eigenvalue weighted by Gasteiger charge is 2.27. The molecule has 0 amide bonds. The summed E-state index contributed by atoms with van der Waals surface area (Å²) >= 11 is 0. The van der Waals surface area contributed by atoms with Gasteiger partial charge in [-0.25, -0.2) is 4.98 Å². The number of rotatable bonds is 4. The molecule has 0 fully saturated rings. The van der Waals surface area contributed by atoms with E-state index in [0.717, 1.165) is 16.9 Å². The summed E-state index contributed by atoms with van der Waals surface area (Å²) < 4.78 is 1.71. The Hall–Kier alpha value is -2.18. The van der Waals surface area contributed by atoms with Gasteiger partial charge in [0.2, 0.25) is 5.95 Å². The molecule has 0 aliphatic carbocycles. The Morgan fingerprint density at radius 1 is 1.22 bits per heavy atom. The molecule has 1 aliphatic rings. The maximum Gasteiger partial charge on any atom is 0.259 e. The molecule has 0 radical (unpaired) electrons. The third-order valence-electron chi connectivity index (χ3n) is 4.21. The number of hydrogen-bond donors (Lipinski definition) is 1. The van der Waals surface area contributed by atoms with E-state index < -0.39 is 0 Å². The molecule has 1 aromatic carbocycles. The zero-order valence-electron chi connectivity index (χ0n) is 13.6. The predicted octanol–water partition coefficient (Wildman–Crippen LogP) is 1.48. The predicted molar refractivity (Wildman–Crippen MR) is 89.9 cm³/mol. The van der Waals surface area contributed by atoms with Crippen LogP contribution in [-0.2, 0) is 13.1 Å². The number of benzene rings is 1. The second-order valence-electron chi connectivity index (χ2n) is 5.73. The minimum atomic E-state index is 0.0126. The first kappa shape index (κ1) is 15.7. The topological polar surface area (TPSA) is 61.6 Å². The Bertz CT molecular complexity index is 742. The molecule has 1 aliphatic heterocycles. The maximum atomic E-state index is 12.8. The smallest absolute Gasteiger partial charge is 0.259 e. The fraction of sp³-hybridized carbons (Fsp3) is 0.412. The highest BCUT2D eigenvalue weighted by molar-refractivity contribution is 5.58. The monoisotopic (exact) mass is 314 g/mol. The van der Waals surface area contributed by atoms with Crippen LogP contribution in [-0.4, -0.2) is 39.4 Å². The van der Waals surface area contributed by atoms with Crippen LogP contribution in [0, 0.1) is 6.92 Å². The molecule has 0 saturated carbocycles. The van der Waals surface area contributed by atoms with E-state index in [1.807, 2.05) is 54.0 Å². The third kappa shape index (κ3) is 2.87. The average Bonchev–Trinajstić information content (AvgIpc) is 2.56. The van der Waals surface area contributed by atoms with E-state index in [1.165, 1.54) is 0 Å². The lowest BCUT2D eigenvalue weighted by Crippen LogP contribution is -2.48. The molecule has 6 nitrogen and oxygen atoms in total. The number of hydrogen-bond acceptors (Lipinski definition) is 5. The summed E-state index contributed by atoms with van der Waals surface area (Å²) in [4.78, 5) is 21.6. The van der Waals surface area contributed by atoms with Gasteiger partial charge in [0.25, 0.3) is 5.56 Å². The van der Waals surface area contributed by atoms with Gasteiger partial charge < -0.3 is 5.11 Å². The molecule has 122 valence electrons. The standard InChI is InChI=1S/C17H22N4O2/c1-3-15-13(2)18-17-20(14-7-5-4-6-8-14)11-19(9-10-22)12-21(17)16(15)23/h4-8,22H,3,9-12H2,1-2H3. The second-order valence-corrected chi connectivity index (χ2v) is 5.73. The molecule has 6 heteroatoms. The van der Waals surface area contributed by atoms with E-state index in [4.69, 9.17) is 4.98 Å². The summed E-state index contributed by atoms with van der Waals surface area (Å²) in [5.74, 6) is 0.671. The van der Waals surface area contributed by atoms with Crippen molar-refractivity contribution in [3.05, 3.63) is 51.9 Å². The molecule has 0 spiro atoms. The molecule has 2 aromatic rings. The maximum absolute atomic E-state index is 12.8. The number of aliphatic hydroxyl groups is 1. The minimum Gasteiger partial charge on any atom is -0.395 e. The van der Waals surface area contributed by atoms with Crippen molar-refractivity contribution < 1.29 is 5.11 Å². The lowest BCUT2D eigenvalue weighted by Gasteiger charge is -2.38. The van der Waals surface area contributed by atoms with Crippen LogP contribution < -0.4 is 10.5 Å². The van der Waals surface area contributed by atoms with E-state index in [-0.39, 0.29) is 12.2 Å². The van der Waals surface area contributed by atoms with Crippen LogP contribution in [0.2, 0.25) is 0 Å². The Morgan fingerprint density at radius 2 is 1.96 bits per heavy atom. The van der Waals surface area contributed by atoms with Crippen molar-refractivity contribution in [2.45, 2.75) is 26.9 Å². The van der Waals surface area contributed by atoms with Crippen molar-refractivity contribution >= 4 is 11.6 Å². The number of aliphatic hydroxyl groups excluding tert-OH is 1. The Kier molecular flexibility index (Phi) is 4.45. The van der Waals surface area contributed by atoms with Crippen molar-refractivity contribution in [1.29, 1.82) is 0 Å². The second kappa shape index (κ2) is 6.52. The van der Waals surface area contributed by atoms with Crippen molar-refractivity contribution in [2.75, 3.05) is 24.7 Å². The first-order chi connectivity index (χ1) is 11.2. The Morgan fingerprint density at radius 3 is 2.61 bits per heavy atom. The summed E-state index contributed by atoms with van der Waals surface area (Å²) in [6.45, 7) is 5.50. The van der Waals surface area contributed by atoms with Gasteiger partial charge in [-0.1, -0.05) is 25.1 Å². The number of aromatic nitrogens is 2. The number of β-amino-alcohol motifs (C(OH)–C–C–N with tert-alkyl or cyclic N) is 1. The van der Waals surface area contributed by atoms with Crippen LogP contribution in [0.25, 0.3) is 0 Å². The van der Waals surface area contributed by atoms with Crippen LogP contribution in [0.1, 0.15) is 18.2 Å². The first-order valence-corrected chi connectivity index (χ1v) is 7.91. The molecular weight excluding hydrogens is 292 g/mol. The van der Waals surface area contributed by atoms with Gasteiger partial charge in [-0.3, -0.25) is 19.2 Å². The number of aryl methyl sites for hydroxylation is 1. The molecule has 1 aromatic heterocycles. The van der Waals surface area contributed by atoms with Crippen molar-refractivity contribution in [3.8, 4) is 0 Å². The van der Waals surface area contributed by atoms with Gasteiger partial charge in [-0.05, 0) is 25.5 Å². The summed E-state index contributed by atoms with van der Waals surface area (Å²) in [6, 6.07) is 9.90. The highest BCUT2D eigenvalue weighted by atomic mass is 16.3. The fourth-order valence-corrected chi connectivity index (χ4v) is 3.02. The van der Waals surface area contributed by atoms with E-state index in [9.17, 15) is 9.90 Å². The van der Waals surface area contributed by atoms with Crippen LogP contribution in [0.3, 0.4) is 0 Å². The van der Waals surface area contributed by atoms with Crippen LogP contribution >= 0.6 is 0 Å². The minimum absolute atomic E-state index is 0.0126. The van der Waals surface area contributed by atoms with Gasteiger partial charge in [0.05, 0.1) is 19.9 Å². The molecular formula is C17H22N4O2. The van der Waals surface area contributed by atoms with E-state index in [2.05, 4.69) is 0 Å². The van der Waals surface area contributed by atoms with Crippen molar-refractivity contribution in [3.63, 3.8) is 0 Å². The van der Waals surface area contributed by atoms with Crippen LogP contribution in [0.15, 0.2) is 35.1 Å². The zero-order chi connectivity index (χ0) is 16.4. The van der Waals surface area contributed by atoms with Gasteiger partial charge in [0.1, 0.15) is 0 Å². The summed E-state index contributed by atoms with van der Waals surface area (Å²) in [5.41, 5.74) is 2.55. The third-order valence-corrected chi connectivity index (χ3v) is 4.21. The Balaban J connectivity index is 2.15. The quantitative estimate of drug-likeness (QED) is 0.926. The number of anilines is 2. The normalized spacial score (nSPS) is 14.8. The molecule has 0 bridgehead atoms. The van der Waals surface area contributed by atoms with Crippen molar-refractivity contribution in [1.82, 2.24) is 14.5 Å². The average molecular weight is 314 g/mol. The zero-order valence-corrected chi connectivity index (χ0v) is 13.6. The summed E-state index contributed by atoms with van der Waals surface area (Å²) in [5, 5.41) is 9.27. The molecule has 3 rings (SSSR count). The molecule has 23 heavy (non-hydrogen) atoms.